The summed E-state index contributed by atoms with van der Waals surface area (Å²) in [5, 5.41) is 8.81. The fraction of sp³-hybridized carbons (Fsp3) is 0.444. The van der Waals surface area contributed by atoms with Gasteiger partial charge in [-0.2, -0.15) is 5.26 Å². The summed E-state index contributed by atoms with van der Waals surface area (Å²) in [5.41, 5.74) is 2.60. The van der Waals surface area contributed by atoms with Crippen LogP contribution in [0.2, 0.25) is 0 Å². The highest BCUT2D eigenvalue weighted by Crippen LogP contribution is 2.35. The van der Waals surface area contributed by atoms with Gasteiger partial charge in [0.05, 0.1) is 11.6 Å². The van der Waals surface area contributed by atoms with Gasteiger partial charge in [0.25, 0.3) is 0 Å². The van der Waals surface area contributed by atoms with Crippen molar-refractivity contribution in [2.45, 2.75) is 33.6 Å². The summed E-state index contributed by atoms with van der Waals surface area (Å²) >= 11 is 0. The highest BCUT2D eigenvalue weighted by atomic mass is 16.1. The molecule has 1 saturated carbocycles. The van der Waals surface area contributed by atoms with Gasteiger partial charge in [0.2, 0.25) is 0 Å². The second-order valence-electron chi connectivity index (χ2n) is 6.03. The van der Waals surface area contributed by atoms with Crippen molar-refractivity contribution in [2.75, 3.05) is 0 Å². The third-order valence-corrected chi connectivity index (χ3v) is 4.23. The molecule has 2 rings (SSSR count). The predicted molar refractivity (Wildman–Crippen MR) is 80.9 cm³/mol. The minimum atomic E-state index is 0.163. The summed E-state index contributed by atoms with van der Waals surface area (Å²) in [6.07, 6.45) is 4.09. The molecule has 0 amide bonds. The largest absolute Gasteiger partial charge is 0.294 e. The van der Waals surface area contributed by atoms with Crippen LogP contribution in [0.1, 0.15) is 44.7 Å². The third kappa shape index (κ3) is 2.99. The van der Waals surface area contributed by atoms with Crippen LogP contribution in [0.3, 0.4) is 0 Å². The Morgan fingerprint density at radius 3 is 2.45 bits per heavy atom. The molecule has 0 radical (unpaired) electrons. The van der Waals surface area contributed by atoms with Gasteiger partial charge in [-0.15, -0.1) is 0 Å². The lowest BCUT2D eigenvalue weighted by Crippen LogP contribution is -2.30. The molecule has 0 aromatic heterocycles. The van der Waals surface area contributed by atoms with Crippen molar-refractivity contribution < 1.29 is 4.79 Å². The Morgan fingerprint density at radius 2 is 1.90 bits per heavy atom. The quantitative estimate of drug-likeness (QED) is 0.753. The van der Waals surface area contributed by atoms with Crippen LogP contribution in [0, 0.1) is 29.1 Å². The molecule has 2 unspecified atom stereocenters. The van der Waals surface area contributed by atoms with E-state index >= 15 is 0 Å². The summed E-state index contributed by atoms with van der Waals surface area (Å²) in [5.74, 6) is 1.20. The summed E-state index contributed by atoms with van der Waals surface area (Å²) in [6.45, 7) is 6.37. The van der Waals surface area contributed by atoms with Crippen molar-refractivity contribution in [1.29, 1.82) is 5.26 Å². The van der Waals surface area contributed by atoms with E-state index in [-0.39, 0.29) is 5.92 Å². The zero-order valence-corrected chi connectivity index (χ0v) is 12.4. The minimum absolute atomic E-state index is 0.163. The zero-order valence-electron chi connectivity index (χ0n) is 12.4. The molecule has 1 aliphatic carbocycles. The molecule has 2 heteroatoms. The van der Waals surface area contributed by atoms with Crippen LogP contribution in [0.25, 0.3) is 6.08 Å². The van der Waals surface area contributed by atoms with Crippen LogP contribution >= 0.6 is 0 Å². The first-order valence-electron chi connectivity index (χ1n) is 7.29. The molecular weight excluding hydrogens is 246 g/mol. The zero-order chi connectivity index (χ0) is 14.7. The first-order chi connectivity index (χ1) is 9.52. The lowest BCUT2D eigenvalue weighted by atomic mass is 9.73. The second-order valence-corrected chi connectivity index (χ2v) is 6.03. The second kappa shape index (κ2) is 6.05. The van der Waals surface area contributed by atoms with Crippen molar-refractivity contribution in [3.63, 3.8) is 0 Å². The van der Waals surface area contributed by atoms with E-state index in [4.69, 9.17) is 5.26 Å². The van der Waals surface area contributed by atoms with E-state index in [2.05, 4.69) is 26.8 Å². The summed E-state index contributed by atoms with van der Waals surface area (Å²) in [4.78, 5) is 12.6. The maximum Gasteiger partial charge on any atom is 0.162 e. The average Bonchev–Trinajstić information content (AvgIpc) is 2.43. The van der Waals surface area contributed by atoms with Gasteiger partial charge < -0.3 is 0 Å². The summed E-state index contributed by atoms with van der Waals surface area (Å²) < 4.78 is 0. The van der Waals surface area contributed by atoms with Crippen LogP contribution in [0.4, 0.5) is 0 Å². The number of nitriles is 1. The Hall–Kier alpha value is -1.88. The summed E-state index contributed by atoms with van der Waals surface area (Å²) in [6, 6.07) is 9.52. The number of ketones is 1. The number of nitrogens with zero attached hydrogens (tertiary/aromatic N) is 1. The van der Waals surface area contributed by atoms with Crippen LogP contribution < -0.4 is 0 Å². The van der Waals surface area contributed by atoms with Crippen molar-refractivity contribution in [3.05, 3.63) is 41.0 Å². The average molecular weight is 267 g/mol. The number of allylic oxidation sites excluding steroid dienone is 1. The minimum Gasteiger partial charge on any atom is -0.294 e. The Balaban J connectivity index is 2.30. The van der Waals surface area contributed by atoms with E-state index in [1.807, 2.05) is 18.2 Å². The fourth-order valence-corrected chi connectivity index (χ4v) is 2.86. The molecule has 0 saturated heterocycles. The van der Waals surface area contributed by atoms with E-state index in [1.165, 1.54) is 0 Å². The van der Waals surface area contributed by atoms with Crippen molar-refractivity contribution in [1.82, 2.24) is 0 Å². The fourth-order valence-electron chi connectivity index (χ4n) is 2.86. The molecule has 20 heavy (non-hydrogen) atoms. The van der Waals surface area contributed by atoms with E-state index in [0.29, 0.717) is 23.2 Å². The number of hydrogen-bond acceptors (Lipinski definition) is 2. The number of hydrogen-bond donors (Lipinski definition) is 0. The molecule has 0 N–H and O–H groups in total. The predicted octanol–water partition coefficient (Wildman–Crippen LogP) is 4.21. The van der Waals surface area contributed by atoms with E-state index in [9.17, 15) is 4.79 Å². The van der Waals surface area contributed by atoms with Gasteiger partial charge in [-0.05, 0) is 54.0 Å². The van der Waals surface area contributed by atoms with Gasteiger partial charge in [0, 0.05) is 5.92 Å². The Bertz CT molecular complexity index is 560. The van der Waals surface area contributed by atoms with E-state index in [0.717, 1.165) is 24.0 Å². The molecule has 104 valence electrons. The van der Waals surface area contributed by atoms with Crippen LogP contribution in [-0.4, -0.2) is 5.78 Å². The highest BCUT2D eigenvalue weighted by Gasteiger charge is 2.32. The van der Waals surface area contributed by atoms with Gasteiger partial charge in [-0.1, -0.05) is 32.9 Å². The molecule has 0 spiro atoms. The maximum absolute atomic E-state index is 12.6. The maximum atomic E-state index is 12.6. The topological polar surface area (TPSA) is 40.9 Å². The van der Waals surface area contributed by atoms with Gasteiger partial charge in [-0.3, -0.25) is 4.79 Å². The first-order valence-corrected chi connectivity index (χ1v) is 7.29. The monoisotopic (exact) mass is 267 g/mol. The van der Waals surface area contributed by atoms with Crippen molar-refractivity contribution >= 4 is 11.9 Å². The molecular formula is C18H21NO. The molecule has 2 atom stereocenters. The molecule has 0 aliphatic heterocycles. The Labute approximate surface area is 121 Å². The highest BCUT2D eigenvalue weighted by molar-refractivity contribution is 6.02. The number of Topliss-reactive ketones (excluding diaryl/α,β-unsaturated/α-hetero) is 1. The SMILES string of the molecule is CC1CCC(C(C)C)C(=O)C1=Cc1ccc(C#N)cc1. The first kappa shape index (κ1) is 14.5. The number of carbonyl (C=O) groups excluding carboxylic acids is 1. The van der Waals surface area contributed by atoms with E-state index in [1.54, 1.807) is 12.1 Å². The van der Waals surface area contributed by atoms with Crippen LogP contribution in [0.15, 0.2) is 29.8 Å². The standard InChI is InChI=1S/C18H21NO/c1-12(2)16-9-4-13(3)17(18(16)20)10-14-5-7-15(11-19)8-6-14/h5-8,10,12-13,16H,4,9H2,1-3H3. The number of benzene rings is 1. The van der Waals surface area contributed by atoms with Crippen LogP contribution in [-0.2, 0) is 4.79 Å². The van der Waals surface area contributed by atoms with Gasteiger partial charge in [-0.25, -0.2) is 0 Å². The third-order valence-electron chi connectivity index (χ3n) is 4.23. The van der Waals surface area contributed by atoms with Crippen molar-refractivity contribution in [2.24, 2.45) is 17.8 Å². The van der Waals surface area contributed by atoms with Crippen LogP contribution in [0.5, 0.6) is 0 Å². The molecule has 1 fully saturated rings. The molecule has 1 aliphatic rings. The Kier molecular flexibility index (Phi) is 4.39. The van der Waals surface area contributed by atoms with E-state index < -0.39 is 0 Å². The molecule has 0 heterocycles. The summed E-state index contributed by atoms with van der Waals surface area (Å²) in [7, 11) is 0. The lowest BCUT2D eigenvalue weighted by molar-refractivity contribution is -0.122. The lowest BCUT2D eigenvalue weighted by Gasteiger charge is -2.30. The molecule has 1 aromatic rings. The van der Waals surface area contributed by atoms with Gasteiger partial charge in [0.15, 0.2) is 5.78 Å². The molecule has 0 bridgehead atoms. The van der Waals surface area contributed by atoms with Gasteiger partial charge in [0.1, 0.15) is 0 Å². The molecule has 2 nitrogen and oxygen atoms in total. The number of rotatable bonds is 2. The van der Waals surface area contributed by atoms with Crippen molar-refractivity contribution in [3.8, 4) is 6.07 Å². The number of carbonyl (C=O) groups is 1. The Morgan fingerprint density at radius 1 is 1.25 bits per heavy atom. The normalized spacial score (nSPS) is 24.9. The smallest absolute Gasteiger partial charge is 0.162 e. The van der Waals surface area contributed by atoms with Gasteiger partial charge >= 0.3 is 0 Å². The molecule has 1 aromatic carbocycles.